The van der Waals surface area contributed by atoms with Gasteiger partial charge in [0.15, 0.2) is 0 Å². The van der Waals surface area contributed by atoms with Crippen LogP contribution in [0.5, 0.6) is 0 Å². The quantitative estimate of drug-likeness (QED) is 0.598. The van der Waals surface area contributed by atoms with Crippen LogP contribution in [0.4, 0.5) is 0 Å². The number of methoxy groups -OCH3 is 1. The number of aliphatic hydroxyl groups excluding tert-OH is 1. The highest BCUT2D eigenvalue weighted by molar-refractivity contribution is 5.37. The third-order valence-corrected chi connectivity index (χ3v) is 2.38. The summed E-state index contributed by atoms with van der Waals surface area (Å²) in [6.07, 6.45) is 0.785. The van der Waals surface area contributed by atoms with Crippen molar-refractivity contribution < 1.29 is 9.84 Å². The third-order valence-electron chi connectivity index (χ3n) is 2.38. The molecule has 0 saturated carbocycles. The van der Waals surface area contributed by atoms with Crippen LogP contribution in [0, 0.1) is 11.8 Å². The van der Waals surface area contributed by atoms with Crippen LogP contribution >= 0.6 is 0 Å². The fourth-order valence-corrected chi connectivity index (χ4v) is 1.47. The number of ether oxygens (including phenoxy) is 1. The number of rotatable bonds is 5. The summed E-state index contributed by atoms with van der Waals surface area (Å²) in [4.78, 5) is 0. The van der Waals surface area contributed by atoms with Gasteiger partial charge in [-0.05, 0) is 30.7 Å². The van der Waals surface area contributed by atoms with Gasteiger partial charge in [0.25, 0.3) is 0 Å². The average Bonchev–Trinajstić information content (AvgIpc) is 2.35. The van der Waals surface area contributed by atoms with Crippen molar-refractivity contribution >= 4 is 0 Å². The first-order chi connectivity index (χ1) is 8.27. The molecule has 1 unspecified atom stereocenters. The lowest BCUT2D eigenvalue weighted by molar-refractivity contribution is 0.170. The zero-order valence-electron chi connectivity index (χ0n) is 10.1. The van der Waals surface area contributed by atoms with E-state index >= 15 is 0 Å². The predicted molar refractivity (Wildman–Crippen MR) is 68.4 cm³/mol. The van der Waals surface area contributed by atoms with Crippen molar-refractivity contribution in [2.75, 3.05) is 20.3 Å². The van der Waals surface area contributed by atoms with Crippen LogP contribution in [0.3, 0.4) is 0 Å². The number of hydrogen-bond acceptors (Lipinski definition) is 3. The summed E-state index contributed by atoms with van der Waals surface area (Å²) in [6, 6.07) is 7.62. The van der Waals surface area contributed by atoms with Crippen LogP contribution in [0.15, 0.2) is 24.3 Å². The van der Waals surface area contributed by atoms with E-state index in [1.165, 1.54) is 0 Å². The summed E-state index contributed by atoms with van der Waals surface area (Å²) in [5, 5.41) is 9.81. The molecule has 92 valence electrons. The number of hydrogen-bond donors (Lipinski definition) is 2. The maximum Gasteiger partial charge on any atom is 0.0802 e. The SMILES string of the molecule is COCCC#Cc1cccc(C(O)CCN)c1. The Morgan fingerprint density at radius 2 is 2.29 bits per heavy atom. The Bertz CT molecular complexity index is 393. The summed E-state index contributed by atoms with van der Waals surface area (Å²) in [5.41, 5.74) is 7.20. The topological polar surface area (TPSA) is 55.5 Å². The van der Waals surface area contributed by atoms with E-state index in [0.717, 1.165) is 11.1 Å². The molecule has 3 N–H and O–H groups in total. The van der Waals surface area contributed by atoms with Gasteiger partial charge in [-0.25, -0.2) is 0 Å². The van der Waals surface area contributed by atoms with Crippen LogP contribution in [0.1, 0.15) is 30.1 Å². The highest BCUT2D eigenvalue weighted by atomic mass is 16.5. The van der Waals surface area contributed by atoms with Gasteiger partial charge in [0, 0.05) is 19.1 Å². The van der Waals surface area contributed by atoms with Crippen LogP contribution in [0.2, 0.25) is 0 Å². The lowest BCUT2D eigenvalue weighted by Gasteiger charge is -2.09. The van der Waals surface area contributed by atoms with Gasteiger partial charge < -0.3 is 15.6 Å². The Morgan fingerprint density at radius 1 is 1.47 bits per heavy atom. The first kappa shape index (κ1) is 13.7. The minimum Gasteiger partial charge on any atom is -0.388 e. The first-order valence-corrected chi connectivity index (χ1v) is 5.74. The normalized spacial score (nSPS) is 11.7. The molecule has 0 aliphatic rings. The van der Waals surface area contributed by atoms with E-state index in [2.05, 4.69) is 11.8 Å². The molecule has 0 spiro atoms. The largest absolute Gasteiger partial charge is 0.388 e. The zero-order chi connectivity index (χ0) is 12.5. The van der Waals surface area contributed by atoms with E-state index in [0.29, 0.717) is 26.0 Å². The van der Waals surface area contributed by atoms with Gasteiger partial charge in [-0.1, -0.05) is 24.0 Å². The second kappa shape index (κ2) is 7.86. The molecule has 0 aliphatic carbocycles. The Morgan fingerprint density at radius 3 is 3.00 bits per heavy atom. The summed E-state index contributed by atoms with van der Waals surface area (Å²) in [7, 11) is 1.66. The molecule has 0 heterocycles. The van der Waals surface area contributed by atoms with Crippen molar-refractivity contribution in [2.45, 2.75) is 18.9 Å². The van der Waals surface area contributed by atoms with Gasteiger partial charge in [-0.2, -0.15) is 0 Å². The van der Waals surface area contributed by atoms with Crippen LogP contribution in [0.25, 0.3) is 0 Å². The Labute approximate surface area is 103 Å². The molecule has 1 aromatic carbocycles. The maximum atomic E-state index is 9.81. The maximum absolute atomic E-state index is 9.81. The molecule has 0 amide bonds. The monoisotopic (exact) mass is 233 g/mol. The molecule has 0 saturated heterocycles. The first-order valence-electron chi connectivity index (χ1n) is 5.74. The second-order valence-electron chi connectivity index (χ2n) is 3.76. The molecule has 0 bridgehead atoms. The third kappa shape index (κ3) is 5.01. The molecule has 1 aromatic rings. The van der Waals surface area contributed by atoms with Crippen LogP contribution < -0.4 is 5.73 Å². The van der Waals surface area contributed by atoms with Crippen molar-refractivity contribution in [1.29, 1.82) is 0 Å². The minimum absolute atomic E-state index is 0.477. The second-order valence-corrected chi connectivity index (χ2v) is 3.76. The lowest BCUT2D eigenvalue weighted by Crippen LogP contribution is -2.06. The van der Waals surface area contributed by atoms with Gasteiger partial charge >= 0.3 is 0 Å². The molecule has 0 radical (unpaired) electrons. The van der Waals surface area contributed by atoms with Crippen molar-refractivity contribution in [3.63, 3.8) is 0 Å². The fraction of sp³-hybridized carbons (Fsp3) is 0.429. The van der Waals surface area contributed by atoms with E-state index in [1.807, 2.05) is 24.3 Å². The molecule has 0 aromatic heterocycles. The lowest BCUT2D eigenvalue weighted by atomic mass is 10.0. The standard InChI is InChI=1S/C14H19NO2/c1-17-10-3-2-5-12-6-4-7-13(11-12)14(16)8-9-15/h4,6-7,11,14,16H,3,8-10,15H2,1H3. The van der Waals surface area contributed by atoms with E-state index in [1.54, 1.807) is 7.11 Å². The van der Waals surface area contributed by atoms with E-state index in [9.17, 15) is 5.11 Å². The zero-order valence-corrected chi connectivity index (χ0v) is 10.1. The Kier molecular flexibility index (Phi) is 6.34. The summed E-state index contributed by atoms with van der Waals surface area (Å²) in [5.74, 6) is 6.06. The molecular weight excluding hydrogens is 214 g/mol. The minimum atomic E-state index is -0.499. The van der Waals surface area contributed by atoms with E-state index in [-0.39, 0.29) is 0 Å². The van der Waals surface area contributed by atoms with Crippen LogP contribution in [-0.4, -0.2) is 25.4 Å². The summed E-state index contributed by atoms with van der Waals surface area (Å²) < 4.78 is 4.92. The predicted octanol–water partition coefficient (Wildman–Crippen LogP) is 1.46. The van der Waals surface area contributed by atoms with Crippen molar-refractivity contribution in [1.82, 2.24) is 0 Å². The van der Waals surface area contributed by atoms with Crippen LogP contribution in [-0.2, 0) is 4.74 Å². The highest BCUT2D eigenvalue weighted by Crippen LogP contribution is 2.16. The number of benzene rings is 1. The molecule has 0 fully saturated rings. The molecule has 1 rings (SSSR count). The fourth-order valence-electron chi connectivity index (χ4n) is 1.47. The van der Waals surface area contributed by atoms with E-state index < -0.39 is 6.10 Å². The van der Waals surface area contributed by atoms with Crippen molar-refractivity contribution in [3.8, 4) is 11.8 Å². The highest BCUT2D eigenvalue weighted by Gasteiger charge is 2.05. The molecule has 3 nitrogen and oxygen atoms in total. The number of aliphatic hydroxyl groups is 1. The summed E-state index contributed by atoms with van der Waals surface area (Å²) in [6.45, 7) is 1.12. The average molecular weight is 233 g/mol. The Hall–Kier alpha value is -1.34. The van der Waals surface area contributed by atoms with Gasteiger partial charge in [-0.3, -0.25) is 0 Å². The molecule has 3 heteroatoms. The summed E-state index contributed by atoms with van der Waals surface area (Å²) >= 11 is 0. The van der Waals surface area contributed by atoms with Gasteiger partial charge in [-0.15, -0.1) is 0 Å². The number of nitrogens with two attached hydrogens (primary N) is 1. The van der Waals surface area contributed by atoms with Crippen molar-refractivity contribution in [3.05, 3.63) is 35.4 Å². The van der Waals surface area contributed by atoms with Gasteiger partial charge in [0.2, 0.25) is 0 Å². The molecule has 17 heavy (non-hydrogen) atoms. The smallest absolute Gasteiger partial charge is 0.0802 e. The van der Waals surface area contributed by atoms with Crippen molar-refractivity contribution in [2.24, 2.45) is 5.73 Å². The molecule has 1 atom stereocenters. The van der Waals surface area contributed by atoms with Gasteiger partial charge in [0.1, 0.15) is 0 Å². The molecule has 0 aliphatic heterocycles. The van der Waals surface area contributed by atoms with Gasteiger partial charge in [0.05, 0.1) is 12.7 Å². The van der Waals surface area contributed by atoms with E-state index in [4.69, 9.17) is 10.5 Å². The Balaban J connectivity index is 2.67. The molecular formula is C14H19NO2.